The van der Waals surface area contributed by atoms with Gasteiger partial charge < -0.3 is 14.7 Å². The molecule has 2 heterocycles. The van der Waals surface area contributed by atoms with Gasteiger partial charge in [0.2, 0.25) is 0 Å². The molecule has 0 bridgehead atoms. The number of thiol groups is 1. The predicted octanol–water partition coefficient (Wildman–Crippen LogP) is 8.12. The summed E-state index contributed by atoms with van der Waals surface area (Å²) in [7, 11) is 1.81. The number of aryl methyl sites for hydroxylation is 1. The van der Waals surface area contributed by atoms with Gasteiger partial charge in [-0.3, -0.25) is 4.79 Å². The van der Waals surface area contributed by atoms with Crippen molar-refractivity contribution < 1.29 is 14.2 Å². The van der Waals surface area contributed by atoms with Gasteiger partial charge in [0.25, 0.3) is 0 Å². The maximum Gasteiger partial charge on any atom is 0.330 e. The number of piperidine rings is 1. The van der Waals surface area contributed by atoms with Crippen LogP contribution in [-0.4, -0.2) is 42.8 Å². The summed E-state index contributed by atoms with van der Waals surface area (Å²) in [5, 5.41) is 3.40. The number of ether oxygens (including phenoxy) is 1. The Labute approximate surface area is 265 Å². The normalized spacial score (nSPS) is 23.4. The molecule has 1 unspecified atom stereocenters. The van der Waals surface area contributed by atoms with E-state index < -0.39 is 5.60 Å². The van der Waals surface area contributed by atoms with Crippen LogP contribution >= 0.6 is 12.6 Å². The molecule has 0 aromatic heterocycles. The first-order valence-electron chi connectivity index (χ1n) is 16.5. The fourth-order valence-corrected chi connectivity index (χ4v) is 6.07. The molecule has 1 atom stereocenters. The van der Waals surface area contributed by atoms with Crippen LogP contribution in [0.25, 0.3) is 0 Å². The number of benzene rings is 1. The highest BCUT2D eigenvalue weighted by atomic mass is 32.1. The number of nitrogens with one attached hydrogen (secondary N) is 1. The monoisotopic (exact) mass is 598 g/mol. The van der Waals surface area contributed by atoms with Crippen molar-refractivity contribution in [3.63, 3.8) is 0 Å². The maximum absolute atomic E-state index is 13.2. The van der Waals surface area contributed by atoms with E-state index in [1.807, 2.05) is 41.4 Å². The Morgan fingerprint density at radius 3 is 2.12 bits per heavy atom. The van der Waals surface area contributed by atoms with Crippen LogP contribution in [0.15, 0.2) is 30.0 Å². The van der Waals surface area contributed by atoms with Crippen LogP contribution in [0.2, 0.25) is 0 Å². The third-order valence-corrected chi connectivity index (χ3v) is 10.2. The molecule has 1 saturated carbocycles. The predicted molar refractivity (Wildman–Crippen MR) is 184 cm³/mol. The smallest absolute Gasteiger partial charge is 0.330 e. The standard InChI is InChI=1S/C22H35BNO2S.C7H12O.C7H14/c1-15(2)19(25)22(10-12-24-13-11-22)18-9-8-17(14-16(18)3)23-26-20(4,5)21(6,7)27;1-3-7-4-6(2)5-8-7;1-3-7-4-6(2)5-7/h8-9,14-15,24,27H,10-13H2,1-7H3;5,7H,3-4H2,1-2H3;6-7H,3-5H2,1-2H3. The molecule has 1 aromatic carbocycles. The van der Waals surface area contributed by atoms with Crippen molar-refractivity contribution >= 4 is 31.4 Å². The largest absolute Gasteiger partial charge is 0.498 e. The van der Waals surface area contributed by atoms with Crippen LogP contribution in [0.1, 0.15) is 125 Å². The van der Waals surface area contributed by atoms with Crippen LogP contribution in [0.3, 0.4) is 0 Å². The van der Waals surface area contributed by atoms with Crippen LogP contribution < -0.4 is 10.8 Å². The molecule has 6 heteroatoms. The summed E-state index contributed by atoms with van der Waals surface area (Å²) in [6.07, 6.45) is 10.8. The number of rotatable bonds is 9. The first-order chi connectivity index (χ1) is 19.6. The summed E-state index contributed by atoms with van der Waals surface area (Å²) >= 11 is 4.65. The minimum atomic E-state index is -0.396. The van der Waals surface area contributed by atoms with Gasteiger partial charge in [-0.2, -0.15) is 12.6 Å². The zero-order valence-electron chi connectivity index (χ0n) is 28.7. The number of Topliss-reactive ketones (excluding diaryl/α,β-unsaturated/α-hetero) is 1. The molecule has 0 spiro atoms. The number of hydrogen-bond acceptors (Lipinski definition) is 5. The molecule has 2 aliphatic heterocycles. The molecule has 3 aliphatic rings. The second kappa shape index (κ2) is 16.2. The molecule has 237 valence electrons. The summed E-state index contributed by atoms with van der Waals surface area (Å²) in [5.74, 6) is 2.54. The lowest BCUT2D eigenvalue weighted by Gasteiger charge is -2.39. The number of hydrogen-bond donors (Lipinski definition) is 2. The van der Waals surface area contributed by atoms with Crippen LogP contribution in [0.5, 0.6) is 0 Å². The highest BCUT2D eigenvalue weighted by Crippen LogP contribution is 2.38. The molecule has 4 nitrogen and oxygen atoms in total. The fourth-order valence-electron chi connectivity index (χ4n) is 6.02. The van der Waals surface area contributed by atoms with E-state index in [9.17, 15) is 4.79 Å². The van der Waals surface area contributed by atoms with Crippen LogP contribution in [-0.2, 0) is 19.6 Å². The molecule has 1 saturated heterocycles. The fraction of sp³-hybridized carbons (Fsp3) is 0.750. The van der Waals surface area contributed by atoms with Crippen LogP contribution in [0.4, 0.5) is 0 Å². The first kappa shape index (κ1) is 37.0. The van der Waals surface area contributed by atoms with Gasteiger partial charge in [-0.1, -0.05) is 64.7 Å². The summed E-state index contributed by atoms with van der Waals surface area (Å²) in [6, 6.07) is 6.34. The van der Waals surface area contributed by atoms with E-state index in [4.69, 9.17) is 9.39 Å². The third-order valence-electron chi connectivity index (χ3n) is 9.70. The molecule has 4 rings (SSSR count). The van der Waals surface area contributed by atoms with Gasteiger partial charge in [0.15, 0.2) is 0 Å². The van der Waals surface area contributed by atoms with Crippen molar-refractivity contribution in [2.75, 3.05) is 13.1 Å². The molecule has 42 heavy (non-hydrogen) atoms. The SMILES string of the molecule is CCC1CC(C)=CO1.CCC1CC(C)C1.Cc1cc([B]OC(C)(C)C(C)(C)S)ccc1C1(C(=O)C(C)C)CCNCC1. The number of carbonyl (C=O) groups excluding carboxylic acids is 1. The second-order valence-corrected chi connectivity index (χ2v) is 15.5. The Bertz CT molecular complexity index is 1020. The Morgan fingerprint density at radius 1 is 1.12 bits per heavy atom. The van der Waals surface area contributed by atoms with Gasteiger partial charge in [0.05, 0.1) is 17.3 Å². The van der Waals surface area contributed by atoms with Gasteiger partial charge in [-0.25, -0.2) is 0 Å². The number of ketones is 1. The number of carbonyl (C=O) groups is 1. The minimum Gasteiger partial charge on any atom is -0.498 e. The van der Waals surface area contributed by atoms with E-state index in [1.54, 1.807) is 0 Å². The van der Waals surface area contributed by atoms with Crippen molar-refractivity contribution in [2.24, 2.45) is 17.8 Å². The summed E-state index contributed by atoms with van der Waals surface area (Å²) in [5.41, 5.74) is 3.96. The molecule has 2 fully saturated rings. The van der Waals surface area contributed by atoms with Crippen molar-refractivity contribution in [1.29, 1.82) is 0 Å². The molecule has 1 radical (unpaired) electrons. The first-order valence-corrected chi connectivity index (χ1v) is 16.9. The average molecular weight is 599 g/mol. The van der Waals surface area contributed by atoms with Crippen molar-refractivity contribution in [1.82, 2.24) is 5.32 Å². The Balaban J connectivity index is 0.000000330. The van der Waals surface area contributed by atoms with Gasteiger partial charge in [-0.05, 0) is 115 Å². The van der Waals surface area contributed by atoms with Crippen molar-refractivity contribution in [3.05, 3.63) is 41.2 Å². The summed E-state index contributed by atoms with van der Waals surface area (Å²) < 4.78 is 11.0. The topological polar surface area (TPSA) is 47.6 Å². The molecule has 1 aliphatic carbocycles. The van der Waals surface area contributed by atoms with Gasteiger partial charge in [0.1, 0.15) is 11.9 Å². The van der Waals surface area contributed by atoms with Gasteiger partial charge >= 0.3 is 7.48 Å². The van der Waals surface area contributed by atoms with E-state index >= 15 is 0 Å². The Morgan fingerprint density at radius 2 is 1.74 bits per heavy atom. The second-order valence-electron chi connectivity index (χ2n) is 14.4. The lowest BCUT2D eigenvalue weighted by molar-refractivity contribution is -0.128. The zero-order chi connectivity index (χ0) is 31.7. The quantitative estimate of drug-likeness (QED) is 0.223. The molecule has 1 N–H and O–H groups in total. The molecular formula is C36H61BNO3S. The van der Waals surface area contributed by atoms with Gasteiger partial charge in [-0.15, -0.1) is 0 Å². The van der Waals surface area contributed by atoms with E-state index in [0.29, 0.717) is 11.9 Å². The van der Waals surface area contributed by atoms with E-state index in [-0.39, 0.29) is 16.1 Å². The molecule has 1 aromatic rings. The zero-order valence-corrected chi connectivity index (χ0v) is 29.6. The highest BCUT2D eigenvalue weighted by Gasteiger charge is 2.42. The van der Waals surface area contributed by atoms with E-state index in [1.165, 1.54) is 30.4 Å². The highest BCUT2D eigenvalue weighted by molar-refractivity contribution is 7.81. The minimum absolute atomic E-state index is 0.0375. The molecular weight excluding hydrogens is 537 g/mol. The van der Waals surface area contributed by atoms with E-state index in [0.717, 1.165) is 61.6 Å². The van der Waals surface area contributed by atoms with Crippen LogP contribution in [0, 0.1) is 24.7 Å². The average Bonchev–Trinajstić information content (AvgIpc) is 3.35. The van der Waals surface area contributed by atoms with Crippen molar-refractivity contribution in [3.8, 4) is 0 Å². The lowest BCUT2D eigenvalue weighted by Crippen LogP contribution is -2.48. The summed E-state index contributed by atoms with van der Waals surface area (Å²) in [4.78, 5) is 13.2. The lowest BCUT2D eigenvalue weighted by atomic mass is 9.65. The van der Waals surface area contributed by atoms with Gasteiger partial charge in [0, 0.05) is 17.1 Å². The third kappa shape index (κ3) is 10.2. The Kier molecular flexibility index (Phi) is 14.2. The van der Waals surface area contributed by atoms with Crippen molar-refractivity contribution in [2.45, 2.75) is 143 Å². The Hall–Kier alpha value is -1.24. The maximum atomic E-state index is 13.2. The summed E-state index contributed by atoms with van der Waals surface area (Å²) in [6.45, 7) is 25.0. The van der Waals surface area contributed by atoms with E-state index in [2.05, 4.69) is 84.6 Å². The molecule has 0 amide bonds.